The van der Waals surface area contributed by atoms with Crippen molar-refractivity contribution in [3.63, 3.8) is 0 Å². The molecule has 1 rings (SSSR count). The van der Waals surface area contributed by atoms with E-state index in [9.17, 15) is 0 Å². The number of nitrogens with zero attached hydrogens (tertiary/aromatic N) is 2. The molecule has 17 heavy (non-hydrogen) atoms. The van der Waals surface area contributed by atoms with Crippen LogP contribution in [0.2, 0.25) is 0 Å². The van der Waals surface area contributed by atoms with Gasteiger partial charge in [-0.3, -0.25) is 0 Å². The molecule has 1 aromatic heterocycles. The SMILES string of the molecule is CCC(CC)N(CCOC)c1nc(CN)co1. The minimum absolute atomic E-state index is 0.407. The zero-order chi connectivity index (χ0) is 12.7. The van der Waals surface area contributed by atoms with Crippen LogP contribution in [-0.4, -0.2) is 31.3 Å². The summed E-state index contributed by atoms with van der Waals surface area (Å²) in [6, 6.07) is 1.07. The molecule has 0 spiro atoms. The standard InChI is InChI=1S/C12H23N3O2/c1-4-11(5-2)15(6-7-16-3)12-14-10(8-13)9-17-12/h9,11H,4-8,13H2,1-3H3. The van der Waals surface area contributed by atoms with Gasteiger partial charge in [-0.15, -0.1) is 0 Å². The average molecular weight is 241 g/mol. The summed E-state index contributed by atoms with van der Waals surface area (Å²) >= 11 is 0. The first-order valence-corrected chi connectivity index (χ1v) is 6.16. The van der Waals surface area contributed by atoms with E-state index in [1.807, 2.05) is 0 Å². The fourth-order valence-corrected chi connectivity index (χ4v) is 1.88. The second kappa shape index (κ2) is 7.29. The molecule has 98 valence electrons. The highest BCUT2D eigenvalue weighted by Crippen LogP contribution is 2.19. The Morgan fingerprint density at radius 1 is 1.47 bits per heavy atom. The van der Waals surface area contributed by atoms with Gasteiger partial charge in [-0.25, -0.2) is 0 Å². The van der Waals surface area contributed by atoms with Crippen LogP contribution in [0, 0.1) is 0 Å². The van der Waals surface area contributed by atoms with Crippen LogP contribution >= 0.6 is 0 Å². The van der Waals surface area contributed by atoms with Gasteiger partial charge in [0.2, 0.25) is 0 Å². The molecule has 0 saturated heterocycles. The van der Waals surface area contributed by atoms with E-state index in [0.717, 1.165) is 25.1 Å². The van der Waals surface area contributed by atoms with Crippen molar-refractivity contribution in [1.29, 1.82) is 0 Å². The Labute approximate surface area is 103 Å². The van der Waals surface area contributed by atoms with E-state index in [0.29, 0.717) is 25.2 Å². The van der Waals surface area contributed by atoms with E-state index in [1.54, 1.807) is 13.4 Å². The summed E-state index contributed by atoms with van der Waals surface area (Å²) < 4.78 is 10.6. The lowest BCUT2D eigenvalue weighted by Crippen LogP contribution is -2.37. The molecule has 0 radical (unpaired) electrons. The predicted octanol–water partition coefficient (Wildman–Crippen LogP) is 1.77. The van der Waals surface area contributed by atoms with Crippen molar-refractivity contribution < 1.29 is 9.15 Å². The number of ether oxygens (including phenoxy) is 1. The van der Waals surface area contributed by atoms with Crippen molar-refractivity contribution in [2.75, 3.05) is 25.2 Å². The Bertz CT molecular complexity index is 310. The molecule has 0 saturated carbocycles. The van der Waals surface area contributed by atoms with E-state index in [2.05, 4.69) is 23.7 Å². The van der Waals surface area contributed by atoms with Crippen LogP contribution in [0.25, 0.3) is 0 Å². The van der Waals surface area contributed by atoms with Crippen LogP contribution in [-0.2, 0) is 11.3 Å². The maximum atomic E-state index is 5.54. The first-order valence-electron chi connectivity index (χ1n) is 6.16. The highest BCUT2D eigenvalue weighted by Gasteiger charge is 2.19. The number of rotatable bonds is 8. The summed E-state index contributed by atoms with van der Waals surface area (Å²) in [7, 11) is 1.70. The summed E-state index contributed by atoms with van der Waals surface area (Å²) in [5.41, 5.74) is 6.32. The summed E-state index contributed by atoms with van der Waals surface area (Å²) in [5.74, 6) is 0. The second-order valence-electron chi connectivity index (χ2n) is 3.98. The van der Waals surface area contributed by atoms with Gasteiger partial charge in [-0.05, 0) is 12.8 Å². The molecule has 2 N–H and O–H groups in total. The summed E-state index contributed by atoms with van der Waals surface area (Å²) in [6.07, 6.45) is 3.73. The van der Waals surface area contributed by atoms with Crippen LogP contribution in [0.1, 0.15) is 32.4 Å². The molecule has 0 aliphatic heterocycles. The van der Waals surface area contributed by atoms with Crippen LogP contribution in [0.5, 0.6) is 0 Å². The molecule has 0 atom stereocenters. The molecule has 0 aliphatic carbocycles. The minimum Gasteiger partial charge on any atom is -0.432 e. The molecular weight excluding hydrogens is 218 g/mol. The lowest BCUT2D eigenvalue weighted by molar-refractivity contribution is 0.201. The van der Waals surface area contributed by atoms with E-state index in [4.69, 9.17) is 14.9 Å². The van der Waals surface area contributed by atoms with Crippen molar-refractivity contribution in [3.05, 3.63) is 12.0 Å². The number of anilines is 1. The third-order valence-corrected chi connectivity index (χ3v) is 2.91. The van der Waals surface area contributed by atoms with Crippen LogP contribution in [0.3, 0.4) is 0 Å². The maximum Gasteiger partial charge on any atom is 0.297 e. The van der Waals surface area contributed by atoms with Crippen LogP contribution in [0.15, 0.2) is 10.7 Å². The Hall–Kier alpha value is -1.07. The normalized spacial score (nSPS) is 11.1. The summed E-state index contributed by atoms with van der Waals surface area (Å²) in [5, 5.41) is 0. The first kappa shape index (κ1) is 14.0. The molecule has 0 amide bonds. The van der Waals surface area contributed by atoms with Crippen LogP contribution < -0.4 is 10.6 Å². The van der Waals surface area contributed by atoms with Crippen LogP contribution in [0.4, 0.5) is 6.01 Å². The first-order chi connectivity index (χ1) is 8.26. The Kier molecular flexibility index (Phi) is 6.00. The molecule has 5 heteroatoms. The molecule has 0 bridgehead atoms. The third kappa shape index (κ3) is 3.71. The molecule has 0 aromatic carbocycles. The largest absolute Gasteiger partial charge is 0.432 e. The van der Waals surface area contributed by atoms with Gasteiger partial charge in [-0.2, -0.15) is 4.98 Å². The highest BCUT2D eigenvalue weighted by molar-refractivity contribution is 5.29. The van der Waals surface area contributed by atoms with Gasteiger partial charge in [0, 0.05) is 26.2 Å². The van der Waals surface area contributed by atoms with Crippen molar-refractivity contribution in [2.24, 2.45) is 5.73 Å². The van der Waals surface area contributed by atoms with E-state index < -0.39 is 0 Å². The van der Waals surface area contributed by atoms with Gasteiger partial charge in [0.15, 0.2) is 0 Å². The molecule has 1 aromatic rings. The quantitative estimate of drug-likeness (QED) is 0.751. The van der Waals surface area contributed by atoms with Crippen molar-refractivity contribution in [1.82, 2.24) is 4.98 Å². The van der Waals surface area contributed by atoms with Gasteiger partial charge in [0.1, 0.15) is 6.26 Å². The Morgan fingerprint density at radius 2 is 2.18 bits per heavy atom. The molecule has 0 fully saturated rings. The number of oxazole rings is 1. The number of methoxy groups -OCH3 is 1. The summed E-state index contributed by atoms with van der Waals surface area (Å²) in [4.78, 5) is 6.53. The van der Waals surface area contributed by atoms with Crippen molar-refractivity contribution >= 4 is 6.01 Å². The van der Waals surface area contributed by atoms with Gasteiger partial charge < -0.3 is 19.8 Å². The zero-order valence-electron chi connectivity index (χ0n) is 11.0. The number of hydrogen-bond donors (Lipinski definition) is 1. The monoisotopic (exact) mass is 241 g/mol. The Balaban J connectivity index is 2.80. The molecule has 0 unspecified atom stereocenters. The van der Waals surface area contributed by atoms with E-state index in [1.165, 1.54) is 0 Å². The molecule has 5 nitrogen and oxygen atoms in total. The van der Waals surface area contributed by atoms with Gasteiger partial charge in [0.25, 0.3) is 6.01 Å². The number of hydrogen-bond acceptors (Lipinski definition) is 5. The second-order valence-corrected chi connectivity index (χ2v) is 3.98. The molecule has 0 aliphatic rings. The smallest absolute Gasteiger partial charge is 0.297 e. The number of aromatic nitrogens is 1. The van der Waals surface area contributed by atoms with Crippen molar-refractivity contribution in [2.45, 2.75) is 39.3 Å². The van der Waals surface area contributed by atoms with Gasteiger partial charge in [0.05, 0.1) is 12.3 Å². The average Bonchev–Trinajstić information content (AvgIpc) is 2.83. The molecule has 1 heterocycles. The third-order valence-electron chi connectivity index (χ3n) is 2.91. The fourth-order valence-electron chi connectivity index (χ4n) is 1.88. The minimum atomic E-state index is 0.407. The summed E-state index contributed by atoms with van der Waals surface area (Å²) in [6.45, 7) is 6.19. The van der Waals surface area contributed by atoms with E-state index >= 15 is 0 Å². The number of nitrogens with two attached hydrogens (primary N) is 1. The topological polar surface area (TPSA) is 64.5 Å². The fraction of sp³-hybridized carbons (Fsp3) is 0.750. The predicted molar refractivity (Wildman–Crippen MR) is 68.0 cm³/mol. The Morgan fingerprint density at radius 3 is 2.65 bits per heavy atom. The highest BCUT2D eigenvalue weighted by atomic mass is 16.5. The lowest BCUT2D eigenvalue weighted by atomic mass is 10.1. The zero-order valence-corrected chi connectivity index (χ0v) is 11.0. The van der Waals surface area contributed by atoms with Crippen molar-refractivity contribution in [3.8, 4) is 0 Å². The lowest BCUT2D eigenvalue weighted by Gasteiger charge is -2.28. The van der Waals surface area contributed by atoms with Gasteiger partial charge in [-0.1, -0.05) is 13.8 Å². The van der Waals surface area contributed by atoms with Gasteiger partial charge >= 0.3 is 0 Å². The molecular formula is C12H23N3O2. The van der Waals surface area contributed by atoms with E-state index in [-0.39, 0.29) is 0 Å². The maximum absolute atomic E-state index is 5.54.